The molecule has 1 aliphatic rings. The average molecular weight is 238 g/mol. The zero-order chi connectivity index (χ0) is 12.5. The van der Waals surface area contributed by atoms with Gasteiger partial charge in [0.1, 0.15) is 5.82 Å². The Kier molecular flexibility index (Phi) is 3.15. The van der Waals surface area contributed by atoms with Crippen molar-refractivity contribution in [2.75, 3.05) is 13.1 Å². The molecule has 2 N–H and O–H groups in total. The van der Waals surface area contributed by atoms with Crippen LogP contribution in [0.25, 0.3) is 0 Å². The lowest BCUT2D eigenvalue weighted by Crippen LogP contribution is -2.34. The van der Waals surface area contributed by atoms with E-state index in [1.165, 1.54) is 0 Å². The summed E-state index contributed by atoms with van der Waals surface area (Å²) in [4.78, 5) is 17.8. The fraction of sp³-hybridized carbons (Fsp3) is 0.727. The van der Waals surface area contributed by atoms with Gasteiger partial charge in [-0.05, 0) is 33.1 Å². The third-order valence-corrected chi connectivity index (χ3v) is 3.14. The summed E-state index contributed by atoms with van der Waals surface area (Å²) in [6, 6.07) is 0. The molecule has 0 radical (unpaired) electrons. The van der Waals surface area contributed by atoms with E-state index in [-0.39, 0.29) is 11.7 Å². The number of aromatic amines is 1. The number of hydrogen-bond acceptors (Lipinski definition) is 4. The molecule has 2 rings (SSSR count). The Balaban J connectivity index is 2.05. The van der Waals surface area contributed by atoms with Gasteiger partial charge in [0, 0.05) is 13.1 Å². The standard InChI is InChI=1S/C11H18N4O2/c1-8-12-9(14-13-8)10(16)15-6-3-4-11(2,17)5-7-15/h17H,3-7H2,1-2H3,(H,12,13,14). The molecule has 94 valence electrons. The van der Waals surface area contributed by atoms with Gasteiger partial charge in [-0.15, -0.1) is 5.10 Å². The largest absolute Gasteiger partial charge is 0.390 e. The van der Waals surface area contributed by atoms with Gasteiger partial charge in [0.25, 0.3) is 5.91 Å². The lowest BCUT2D eigenvalue weighted by Gasteiger charge is -2.21. The summed E-state index contributed by atoms with van der Waals surface area (Å²) in [5.74, 6) is 0.686. The minimum Gasteiger partial charge on any atom is -0.390 e. The van der Waals surface area contributed by atoms with Crippen LogP contribution >= 0.6 is 0 Å². The fourth-order valence-electron chi connectivity index (χ4n) is 2.05. The predicted molar refractivity (Wildman–Crippen MR) is 61.5 cm³/mol. The van der Waals surface area contributed by atoms with Crippen molar-refractivity contribution < 1.29 is 9.90 Å². The van der Waals surface area contributed by atoms with Gasteiger partial charge in [-0.3, -0.25) is 9.89 Å². The summed E-state index contributed by atoms with van der Waals surface area (Å²) in [7, 11) is 0. The Morgan fingerprint density at radius 1 is 1.47 bits per heavy atom. The Bertz CT molecular complexity index is 413. The van der Waals surface area contributed by atoms with E-state index in [1.807, 2.05) is 6.92 Å². The highest BCUT2D eigenvalue weighted by Gasteiger charge is 2.28. The van der Waals surface area contributed by atoms with Crippen LogP contribution in [0.4, 0.5) is 0 Å². The number of carbonyl (C=O) groups is 1. The van der Waals surface area contributed by atoms with Gasteiger partial charge in [-0.25, -0.2) is 4.98 Å². The number of carbonyl (C=O) groups excluding carboxylic acids is 1. The van der Waals surface area contributed by atoms with Crippen molar-refractivity contribution in [2.45, 2.75) is 38.7 Å². The topological polar surface area (TPSA) is 82.1 Å². The van der Waals surface area contributed by atoms with Gasteiger partial charge in [0.05, 0.1) is 5.60 Å². The van der Waals surface area contributed by atoms with Crippen molar-refractivity contribution in [1.29, 1.82) is 0 Å². The summed E-state index contributed by atoms with van der Waals surface area (Å²) in [6.07, 6.45) is 2.13. The normalized spacial score (nSPS) is 25.7. The number of aromatic nitrogens is 3. The molecule has 0 saturated carbocycles. The van der Waals surface area contributed by atoms with Gasteiger partial charge >= 0.3 is 0 Å². The Morgan fingerprint density at radius 3 is 2.88 bits per heavy atom. The smallest absolute Gasteiger partial charge is 0.293 e. The van der Waals surface area contributed by atoms with Crippen molar-refractivity contribution in [1.82, 2.24) is 20.1 Å². The SMILES string of the molecule is Cc1nc(C(=O)N2CCCC(C)(O)CC2)n[nH]1. The number of nitrogens with one attached hydrogen (secondary N) is 1. The van der Waals surface area contributed by atoms with E-state index in [9.17, 15) is 9.90 Å². The second-order valence-corrected chi connectivity index (χ2v) is 4.89. The molecule has 1 aromatic heterocycles. The Morgan fingerprint density at radius 2 is 2.24 bits per heavy atom. The number of aliphatic hydroxyl groups is 1. The van der Waals surface area contributed by atoms with E-state index < -0.39 is 5.60 Å². The highest BCUT2D eigenvalue weighted by Crippen LogP contribution is 2.21. The van der Waals surface area contributed by atoms with Crippen LogP contribution in [-0.4, -0.2) is 49.8 Å². The van der Waals surface area contributed by atoms with Crippen molar-refractivity contribution in [3.05, 3.63) is 11.6 Å². The maximum Gasteiger partial charge on any atom is 0.293 e. The molecular formula is C11H18N4O2. The molecule has 6 nitrogen and oxygen atoms in total. The molecule has 17 heavy (non-hydrogen) atoms. The molecule has 1 aromatic rings. The van der Waals surface area contributed by atoms with E-state index in [0.717, 1.165) is 12.8 Å². The number of rotatable bonds is 1. The molecule has 1 aliphatic heterocycles. The van der Waals surface area contributed by atoms with Crippen molar-refractivity contribution in [3.8, 4) is 0 Å². The molecule has 0 aromatic carbocycles. The number of likely N-dealkylation sites (tertiary alicyclic amines) is 1. The number of nitrogens with zero attached hydrogens (tertiary/aromatic N) is 3. The van der Waals surface area contributed by atoms with Crippen LogP contribution in [0.2, 0.25) is 0 Å². The zero-order valence-electron chi connectivity index (χ0n) is 10.2. The zero-order valence-corrected chi connectivity index (χ0v) is 10.2. The maximum atomic E-state index is 12.1. The van der Waals surface area contributed by atoms with Crippen LogP contribution in [0, 0.1) is 6.92 Å². The van der Waals surface area contributed by atoms with E-state index in [1.54, 1.807) is 11.8 Å². The summed E-state index contributed by atoms with van der Waals surface area (Å²) >= 11 is 0. The first-order valence-electron chi connectivity index (χ1n) is 5.89. The number of amides is 1. The minimum atomic E-state index is -0.663. The van der Waals surface area contributed by atoms with Gasteiger partial charge in [-0.2, -0.15) is 0 Å². The summed E-state index contributed by atoms with van der Waals surface area (Å²) < 4.78 is 0. The molecule has 0 spiro atoms. The summed E-state index contributed by atoms with van der Waals surface area (Å²) in [6.45, 7) is 4.79. The molecular weight excluding hydrogens is 220 g/mol. The Hall–Kier alpha value is -1.43. The van der Waals surface area contributed by atoms with E-state index >= 15 is 0 Å². The van der Waals surface area contributed by atoms with Gasteiger partial charge < -0.3 is 10.0 Å². The van der Waals surface area contributed by atoms with Crippen LogP contribution < -0.4 is 0 Å². The molecule has 1 saturated heterocycles. The first kappa shape index (κ1) is 12.0. The number of aryl methyl sites for hydroxylation is 1. The fourth-order valence-corrected chi connectivity index (χ4v) is 2.05. The third-order valence-electron chi connectivity index (χ3n) is 3.14. The second-order valence-electron chi connectivity index (χ2n) is 4.89. The molecule has 0 aliphatic carbocycles. The monoisotopic (exact) mass is 238 g/mol. The Labute approximate surface area is 100 Å². The van der Waals surface area contributed by atoms with Gasteiger partial charge in [0.15, 0.2) is 0 Å². The molecule has 1 amide bonds. The molecule has 2 heterocycles. The molecule has 1 fully saturated rings. The number of hydrogen-bond donors (Lipinski definition) is 2. The summed E-state index contributed by atoms with van der Waals surface area (Å²) in [5, 5.41) is 16.5. The number of H-pyrrole nitrogens is 1. The van der Waals surface area contributed by atoms with Crippen molar-refractivity contribution in [2.24, 2.45) is 0 Å². The quantitative estimate of drug-likeness (QED) is 0.746. The molecule has 0 bridgehead atoms. The van der Waals surface area contributed by atoms with Crippen LogP contribution in [0.15, 0.2) is 0 Å². The third kappa shape index (κ3) is 2.82. The van der Waals surface area contributed by atoms with Gasteiger partial charge in [-0.1, -0.05) is 0 Å². The minimum absolute atomic E-state index is 0.160. The van der Waals surface area contributed by atoms with Crippen LogP contribution in [0.1, 0.15) is 42.6 Å². The van der Waals surface area contributed by atoms with Crippen molar-refractivity contribution in [3.63, 3.8) is 0 Å². The van der Waals surface area contributed by atoms with Crippen LogP contribution in [0.3, 0.4) is 0 Å². The molecule has 1 atom stereocenters. The summed E-state index contributed by atoms with van der Waals surface area (Å²) in [5.41, 5.74) is -0.663. The first-order valence-corrected chi connectivity index (χ1v) is 5.89. The highest BCUT2D eigenvalue weighted by atomic mass is 16.3. The van der Waals surface area contributed by atoms with Crippen molar-refractivity contribution >= 4 is 5.91 Å². The van der Waals surface area contributed by atoms with Gasteiger partial charge in [0.2, 0.25) is 5.82 Å². The average Bonchev–Trinajstić information content (AvgIpc) is 2.60. The molecule has 6 heteroatoms. The molecule has 1 unspecified atom stereocenters. The lowest BCUT2D eigenvalue weighted by molar-refractivity contribution is 0.0436. The second kappa shape index (κ2) is 4.44. The van der Waals surface area contributed by atoms with E-state index in [2.05, 4.69) is 15.2 Å². The predicted octanol–water partition coefficient (Wildman–Crippen LogP) is 0.490. The van der Waals surface area contributed by atoms with E-state index in [4.69, 9.17) is 0 Å². The van der Waals surface area contributed by atoms with E-state index in [0.29, 0.717) is 25.3 Å². The van der Waals surface area contributed by atoms with Crippen LogP contribution in [0.5, 0.6) is 0 Å². The maximum absolute atomic E-state index is 12.1. The first-order chi connectivity index (χ1) is 7.98. The lowest BCUT2D eigenvalue weighted by atomic mass is 9.98. The van der Waals surface area contributed by atoms with Crippen LogP contribution in [-0.2, 0) is 0 Å². The highest BCUT2D eigenvalue weighted by molar-refractivity contribution is 5.90.